The number of rotatable bonds is 3. The molecule has 96 valence electrons. The molecule has 4 heteroatoms. The van der Waals surface area contributed by atoms with E-state index in [-0.39, 0.29) is 5.56 Å². The Morgan fingerprint density at radius 2 is 1.89 bits per heavy atom. The molecule has 1 N–H and O–H groups in total. The van der Waals surface area contributed by atoms with Gasteiger partial charge in [0.1, 0.15) is 0 Å². The van der Waals surface area contributed by atoms with E-state index in [0.717, 1.165) is 16.8 Å². The van der Waals surface area contributed by atoms with Gasteiger partial charge in [0, 0.05) is 11.2 Å². The van der Waals surface area contributed by atoms with Crippen LogP contribution in [0.2, 0.25) is 5.02 Å². The number of aromatic carboxylic acids is 1. The molecule has 0 saturated carbocycles. The number of nitrogens with zero attached hydrogens (tertiary/aromatic N) is 1. The van der Waals surface area contributed by atoms with Crippen molar-refractivity contribution in [3.05, 3.63) is 64.2 Å². The average Bonchev–Trinajstić information content (AvgIpc) is 2.41. The highest BCUT2D eigenvalue weighted by Crippen LogP contribution is 2.25. The summed E-state index contributed by atoms with van der Waals surface area (Å²) in [4.78, 5) is 15.1. The Labute approximate surface area is 116 Å². The third-order valence-corrected chi connectivity index (χ3v) is 3.16. The van der Waals surface area contributed by atoms with Crippen molar-refractivity contribution in [2.75, 3.05) is 0 Å². The molecule has 2 rings (SSSR count). The van der Waals surface area contributed by atoms with Gasteiger partial charge in [-0.2, -0.15) is 0 Å². The summed E-state index contributed by atoms with van der Waals surface area (Å²) < 4.78 is 0. The first-order valence-electron chi connectivity index (χ1n) is 5.70. The molecule has 2 aromatic rings. The van der Waals surface area contributed by atoms with E-state index in [4.69, 9.17) is 16.7 Å². The quantitative estimate of drug-likeness (QED) is 0.856. The first-order chi connectivity index (χ1) is 9.08. The van der Waals surface area contributed by atoms with Crippen LogP contribution in [0.25, 0.3) is 0 Å². The van der Waals surface area contributed by atoms with Crippen LogP contribution in [0.5, 0.6) is 0 Å². The van der Waals surface area contributed by atoms with Crippen LogP contribution in [0, 0.1) is 6.92 Å². The Morgan fingerprint density at radius 3 is 2.53 bits per heavy atom. The second-order valence-electron chi connectivity index (χ2n) is 4.07. The zero-order chi connectivity index (χ0) is 13.8. The maximum Gasteiger partial charge on any atom is 0.335 e. The highest BCUT2D eigenvalue weighted by atomic mass is 35.5. The van der Waals surface area contributed by atoms with E-state index in [1.807, 2.05) is 25.1 Å². The molecule has 0 saturated heterocycles. The van der Waals surface area contributed by atoms with E-state index in [1.165, 1.54) is 0 Å². The first-order valence-corrected chi connectivity index (χ1v) is 6.08. The van der Waals surface area contributed by atoms with Gasteiger partial charge < -0.3 is 5.11 Å². The maximum absolute atomic E-state index is 10.7. The minimum absolute atomic E-state index is 0.260. The van der Waals surface area contributed by atoms with Crippen molar-refractivity contribution >= 4 is 29.5 Å². The monoisotopic (exact) mass is 273 g/mol. The number of carbonyl (C=O) groups is 1. The van der Waals surface area contributed by atoms with Crippen molar-refractivity contribution in [1.29, 1.82) is 0 Å². The van der Waals surface area contributed by atoms with Crippen molar-refractivity contribution in [3.63, 3.8) is 0 Å². The van der Waals surface area contributed by atoms with E-state index >= 15 is 0 Å². The Hall–Kier alpha value is -2.13. The van der Waals surface area contributed by atoms with Crippen LogP contribution in [-0.2, 0) is 0 Å². The summed E-state index contributed by atoms with van der Waals surface area (Å²) in [7, 11) is 0. The lowest BCUT2D eigenvalue weighted by Gasteiger charge is -2.01. The van der Waals surface area contributed by atoms with Crippen molar-refractivity contribution in [3.8, 4) is 0 Å². The van der Waals surface area contributed by atoms with Gasteiger partial charge in [-0.05, 0) is 42.3 Å². The van der Waals surface area contributed by atoms with Gasteiger partial charge in [0.05, 0.1) is 11.3 Å². The van der Waals surface area contributed by atoms with Gasteiger partial charge in [0.2, 0.25) is 0 Å². The largest absolute Gasteiger partial charge is 0.478 e. The second-order valence-corrected chi connectivity index (χ2v) is 4.48. The van der Waals surface area contributed by atoms with Crippen LogP contribution in [-0.4, -0.2) is 17.3 Å². The van der Waals surface area contributed by atoms with Gasteiger partial charge >= 0.3 is 5.97 Å². The van der Waals surface area contributed by atoms with Gasteiger partial charge in [-0.1, -0.05) is 29.8 Å². The number of hydrogen-bond donors (Lipinski definition) is 1. The number of carboxylic acids is 1. The zero-order valence-electron chi connectivity index (χ0n) is 10.3. The highest BCUT2D eigenvalue weighted by molar-refractivity contribution is 6.31. The lowest BCUT2D eigenvalue weighted by molar-refractivity contribution is 0.0697. The molecule has 0 aliphatic rings. The zero-order valence-corrected chi connectivity index (χ0v) is 11.1. The van der Waals surface area contributed by atoms with Crippen molar-refractivity contribution in [2.45, 2.75) is 6.92 Å². The predicted octanol–water partition coefficient (Wildman–Crippen LogP) is 4.10. The molecule has 0 atom stereocenters. The van der Waals surface area contributed by atoms with Crippen LogP contribution in [0.3, 0.4) is 0 Å². The van der Waals surface area contributed by atoms with E-state index < -0.39 is 5.97 Å². The van der Waals surface area contributed by atoms with Crippen LogP contribution in [0.1, 0.15) is 21.5 Å². The Morgan fingerprint density at radius 1 is 1.21 bits per heavy atom. The van der Waals surface area contributed by atoms with Crippen molar-refractivity contribution in [2.24, 2.45) is 4.99 Å². The maximum atomic E-state index is 10.7. The molecule has 0 aliphatic heterocycles. The Bertz CT molecular complexity index is 633. The number of aliphatic imine (C=N–C) groups is 1. The highest BCUT2D eigenvalue weighted by Gasteiger charge is 2.01. The van der Waals surface area contributed by atoms with Crippen molar-refractivity contribution < 1.29 is 9.90 Å². The molecule has 3 nitrogen and oxygen atoms in total. The van der Waals surface area contributed by atoms with Gasteiger partial charge in [0.15, 0.2) is 0 Å². The van der Waals surface area contributed by atoms with Gasteiger partial charge in [-0.25, -0.2) is 4.79 Å². The smallest absolute Gasteiger partial charge is 0.335 e. The summed E-state index contributed by atoms with van der Waals surface area (Å²) in [5.74, 6) is -0.936. The molecule has 0 fully saturated rings. The molecule has 0 aliphatic carbocycles. The van der Waals surface area contributed by atoms with Crippen LogP contribution in [0.4, 0.5) is 5.69 Å². The topological polar surface area (TPSA) is 49.7 Å². The lowest BCUT2D eigenvalue weighted by atomic mass is 10.1. The van der Waals surface area contributed by atoms with Crippen LogP contribution < -0.4 is 0 Å². The van der Waals surface area contributed by atoms with E-state index in [1.54, 1.807) is 30.5 Å². The molecule has 0 unspecified atom stereocenters. The number of halogens is 1. The SMILES string of the molecule is Cc1c(Cl)cccc1N=Cc1ccc(C(=O)O)cc1. The van der Waals surface area contributed by atoms with Crippen molar-refractivity contribution in [1.82, 2.24) is 0 Å². The van der Waals surface area contributed by atoms with E-state index in [9.17, 15) is 4.79 Å². The third kappa shape index (κ3) is 3.20. The standard InChI is InChI=1S/C15H12ClNO2/c1-10-13(16)3-2-4-14(10)17-9-11-5-7-12(8-6-11)15(18)19/h2-9H,1H3,(H,18,19). The summed E-state index contributed by atoms with van der Waals surface area (Å²) in [6.45, 7) is 1.91. The molecule has 0 aromatic heterocycles. The summed E-state index contributed by atoms with van der Waals surface area (Å²) in [6, 6.07) is 12.1. The average molecular weight is 274 g/mol. The minimum Gasteiger partial charge on any atom is -0.478 e. The lowest BCUT2D eigenvalue weighted by Crippen LogP contribution is -1.95. The Kier molecular flexibility index (Phi) is 3.97. The predicted molar refractivity (Wildman–Crippen MR) is 76.8 cm³/mol. The molecule has 2 aromatic carbocycles. The molecule has 0 radical (unpaired) electrons. The number of hydrogen-bond acceptors (Lipinski definition) is 2. The fourth-order valence-corrected chi connectivity index (χ4v) is 1.76. The minimum atomic E-state index is -0.936. The van der Waals surface area contributed by atoms with Gasteiger partial charge in [-0.15, -0.1) is 0 Å². The number of carboxylic acid groups (broad SMARTS) is 1. The molecular formula is C15H12ClNO2. The summed E-state index contributed by atoms with van der Waals surface area (Å²) in [5, 5.41) is 9.48. The normalized spacial score (nSPS) is 10.8. The molecular weight excluding hydrogens is 262 g/mol. The van der Waals surface area contributed by atoms with Gasteiger partial charge in [0.25, 0.3) is 0 Å². The van der Waals surface area contributed by atoms with E-state index in [0.29, 0.717) is 5.02 Å². The molecule has 0 spiro atoms. The third-order valence-electron chi connectivity index (χ3n) is 2.75. The second kappa shape index (κ2) is 5.67. The molecule has 0 amide bonds. The first kappa shape index (κ1) is 13.3. The van der Waals surface area contributed by atoms with E-state index in [2.05, 4.69) is 4.99 Å². The number of benzene rings is 2. The molecule has 0 bridgehead atoms. The summed E-state index contributed by atoms with van der Waals surface area (Å²) in [6.07, 6.45) is 1.68. The molecule has 0 heterocycles. The van der Waals surface area contributed by atoms with Gasteiger partial charge in [-0.3, -0.25) is 4.99 Å². The Balaban J connectivity index is 2.23. The van der Waals surface area contributed by atoms with Crippen LogP contribution >= 0.6 is 11.6 Å². The fraction of sp³-hybridized carbons (Fsp3) is 0.0667. The summed E-state index contributed by atoms with van der Waals surface area (Å²) >= 11 is 6.01. The fourth-order valence-electron chi connectivity index (χ4n) is 1.59. The van der Waals surface area contributed by atoms with Crippen LogP contribution in [0.15, 0.2) is 47.5 Å². The molecule has 19 heavy (non-hydrogen) atoms. The summed E-state index contributed by atoms with van der Waals surface area (Å²) in [5.41, 5.74) is 2.82.